The van der Waals surface area contributed by atoms with Gasteiger partial charge in [0.2, 0.25) is 5.88 Å². The summed E-state index contributed by atoms with van der Waals surface area (Å²) >= 11 is 3.14. The number of allylic oxidation sites excluding steroid dienone is 3. The first-order chi connectivity index (χ1) is 10.9. The molecule has 1 aliphatic heterocycles. The fraction of sp³-hybridized carbons (Fsp3) is 0.294. The normalized spacial score (nSPS) is 24.2. The molecule has 0 aromatic heterocycles. The van der Waals surface area contributed by atoms with E-state index in [0.717, 1.165) is 0 Å². The molecule has 0 amide bonds. The van der Waals surface area contributed by atoms with Gasteiger partial charge in [0.25, 0.3) is 0 Å². The molecule has 2 unspecified atom stereocenters. The molecule has 0 spiro atoms. The molecule has 118 valence electrons. The highest BCUT2D eigenvalue weighted by molar-refractivity contribution is 9.10. The van der Waals surface area contributed by atoms with Gasteiger partial charge in [-0.1, -0.05) is 13.0 Å². The first kappa shape index (κ1) is 15.8. The number of ether oxygens (including phenoxy) is 1. The number of halogens is 2. The molecule has 3 rings (SSSR count). The van der Waals surface area contributed by atoms with Gasteiger partial charge in [-0.15, -0.1) is 0 Å². The largest absolute Gasteiger partial charge is 0.444 e. The van der Waals surface area contributed by atoms with Crippen molar-refractivity contribution in [2.75, 3.05) is 0 Å². The van der Waals surface area contributed by atoms with Crippen molar-refractivity contribution in [2.24, 2.45) is 11.7 Å². The molecule has 6 heteroatoms. The van der Waals surface area contributed by atoms with Gasteiger partial charge >= 0.3 is 0 Å². The number of hydrogen-bond donors (Lipinski definition) is 1. The fourth-order valence-corrected chi connectivity index (χ4v) is 3.51. The Morgan fingerprint density at radius 3 is 2.83 bits per heavy atom. The second-order valence-electron chi connectivity index (χ2n) is 5.87. The van der Waals surface area contributed by atoms with Crippen molar-refractivity contribution in [3.05, 3.63) is 56.8 Å². The Bertz CT molecular complexity index is 807. The van der Waals surface area contributed by atoms with Crippen LogP contribution >= 0.6 is 15.9 Å². The second-order valence-corrected chi connectivity index (χ2v) is 6.73. The lowest BCUT2D eigenvalue weighted by Crippen LogP contribution is -2.29. The van der Waals surface area contributed by atoms with E-state index in [0.29, 0.717) is 29.7 Å². The van der Waals surface area contributed by atoms with E-state index in [2.05, 4.69) is 15.9 Å². The zero-order chi connectivity index (χ0) is 16.7. The molecule has 2 atom stereocenters. The van der Waals surface area contributed by atoms with E-state index in [1.165, 1.54) is 6.07 Å². The predicted molar refractivity (Wildman–Crippen MR) is 85.2 cm³/mol. The van der Waals surface area contributed by atoms with E-state index in [4.69, 9.17) is 10.5 Å². The highest BCUT2D eigenvalue weighted by atomic mass is 79.9. The molecule has 1 aromatic rings. The van der Waals surface area contributed by atoms with Crippen LogP contribution < -0.4 is 5.73 Å². The van der Waals surface area contributed by atoms with Gasteiger partial charge in [-0.25, -0.2) is 4.39 Å². The van der Waals surface area contributed by atoms with E-state index >= 15 is 0 Å². The Hall–Kier alpha value is -2.13. The predicted octanol–water partition coefficient (Wildman–Crippen LogP) is 3.65. The summed E-state index contributed by atoms with van der Waals surface area (Å²) in [5.74, 6) is -0.369. The number of rotatable bonds is 1. The molecule has 0 bridgehead atoms. The van der Waals surface area contributed by atoms with Gasteiger partial charge in [0.05, 0.1) is 10.4 Å². The summed E-state index contributed by atoms with van der Waals surface area (Å²) in [6, 6.07) is 6.48. The lowest BCUT2D eigenvalue weighted by molar-refractivity contribution is -0.117. The second kappa shape index (κ2) is 5.82. The topological polar surface area (TPSA) is 76.1 Å². The van der Waals surface area contributed by atoms with Crippen molar-refractivity contribution in [2.45, 2.75) is 25.7 Å². The number of hydrogen-bond acceptors (Lipinski definition) is 4. The molecular weight excluding hydrogens is 363 g/mol. The summed E-state index contributed by atoms with van der Waals surface area (Å²) in [4.78, 5) is 12.5. The number of nitriles is 1. The first-order valence-electron chi connectivity index (χ1n) is 7.21. The zero-order valence-corrected chi connectivity index (χ0v) is 14.0. The molecule has 0 fully saturated rings. The van der Waals surface area contributed by atoms with Gasteiger partial charge in [-0.3, -0.25) is 4.79 Å². The summed E-state index contributed by atoms with van der Waals surface area (Å²) in [5.41, 5.74) is 7.17. The molecule has 0 radical (unpaired) electrons. The summed E-state index contributed by atoms with van der Waals surface area (Å²) in [6.45, 7) is 1.97. The zero-order valence-electron chi connectivity index (χ0n) is 12.4. The van der Waals surface area contributed by atoms with Crippen molar-refractivity contribution >= 4 is 21.7 Å². The summed E-state index contributed by atoms with van der Waals surface area (Å²) in [6.07, 6.45) is 0.999. The maximum absolute atomic E-state index is 13.5. The number of carbonyl (C=O) groups is 1. The summed E-state index contributed by atoms with van der Waals surface area (Å²) in [5, 5.41) is 9.46. The highest BCUT2D eigenvalue weighted by Gasteiger charge is 2.39. The minimum atomic E-state index is -0.611. The highest BCUT2D eigenvalue weighted by Crippen LogP contribution is 2.44. The van der Waals surface area contributed by atoms with Crippen molar-refractivity contribution < 1.29 is 13.9 Å². The lowest BCUT2D eigenvalue weighted by atomic mass is 9.75. The molecule has 2 aliphatic rings. The number of carbonyl (C=O) groups excluding carboxylic acids is 1. The molecule has 1 heterocycles. The maximum Gasteiger partial charge on any atom is 0.205 e. The van der Waals surface area contributed by atoms with Crippen molar-refractivity contribution in [1.29, 1.82) is 5.26 Å². The summed E-state index contributed by atoms with van der Waals surface area (Å²) in [7, 11) is 0. The van der Waals surface area contributed by atoms with Gasteiger partial charge in [-0.05, 0) is 39.5 Å². The first-order valence-corrected chi connectivity index (χ1v) is 8.00. The van der Waals surface area contributed by atoms with Gasteiger partial charge in [0.15, 0.2) is 5.78 Å². The minimum Gasteiger partial charge on any atom is -0.444 e. The molecule has 1 aromatic carbocycles. The van der Waals surface area contributed by atoms with Crippen LogP contribution in [0.15, 0.2) is 45.5 Å². The lowest BCUT2D eigenvalue weighted by Gasteiger charge is -2.33. The molecule has 4 nitrogen and oxygen atoms in total. The van der Waals surface area contributed by atoms with Crippen molar-refractivity contribution in [3.8, 4) is 6.07 Å². The number of nitrogens with zero attached hydrogens (tertiary/aromatic N) is 1. The Morgan fingerprint density at radius 2 is 2.17 bits per heavy atom. The van der Waals surface area contributed by atoms with E-state index in [-0.39, 0.29) is 27.6 Å². The molecule has 2 N–H and O–H groups in total. The van der Waals surface area contributed by atoms with Gasteiger partial charge in [-0.2, -0.15) is 5.26 Å². The van der Waals surface area contributed by atoms with Crippen LogP contribution in [0.3, 0.4) is 0 Å². The number of nitrogens with two attached hydrogens (primary N) is 1. The summed E-state index contributed by atoms with van der Waals surface area (Å²) < 4.78 is 19.4. The van der Waals surface area contributed by atoms with Crippen LogP contribution in [0.2, 0.25) is 0 Å². The third-order valence-corrected chi connectivity index (χ3v) is 4.75. The smallest absolute Gasteiger partial charge is 0.205 e. The molecule has 0 saturated heterocycles. The van der Waals surface area contributed by atoms with E-state index < -0.39 is 11.7 Å². The monoisotopic (exact) mass is 376 g/mol. The minimum absolute atomic E-state index is 0.0126. The van der Waals surface area contributed by atoms with E-state index in [1.807, 2.05) is 13.0 Å². The third kappa shape index (κ3) is 2.66. The Labute approximate surface area is 141 Å². The molecule has 1 aliphatic carbocycles. The molecular formula is C17H14BrFN2O2. The molecule has 0 saturated carbocycles. The number of ketones is 1. The third-order valence-electron chi connectivity index (χ3n) is 4.14. The van der Waals surface area contributed by atoms with Crippen LogP contribution in [0, 0.1) is 23.1 Å². The van der Waals surface area contributed by atoms with Crippen LogP contribution in [0.5, 0.6) is 0 Å². The Kier molecular flexibility index (Phi) is 3.99. The fourth-order valence-electron chi connectivity index (χ4n) is 3.12. The average molecular weight is 377 g/mol. The Morgan fingerprint density at radius 1 is 1.43 bits per heavy atom. The van der Waals surface area contributed by atoms with Crippen molar-refractivity contribution in [3.63, 3.8) is 0 Å². The van der Waals surface area contributed by atoms with Crippen LogP contribution in [-0.4, -0.2) is 5.78 Å². The SMILES string of the molecule is CC1CC(=O)C2=C(C1)OC(N)=C(C#N)C2c1ccc(F)c(Br)c1. The van der Waals surface area contributed by atoms with Crippen LogP contribution in [0.25, 0.3) is 0 Å². The van der Waals surface area contributed by atoms with Gasteiger partial charge in [0.1, 0.15) is 23.2 Å². The van der Waals surface area contributed by atoms with Crippen molar-refractivity contribution in [1.82, 2.24) is 0 Å². The Balaban J connectivity index is 2.19. The average Bonchev–Trinajstić information content (AvgIpc) is 2.48. The van der Waals surface area contributed by atoms with Crippen LogP contribution in [0.1, 0.15) is 31.2 Å². The standard InChI is InChI=1S/C17H14BrFN2O2/c1-8-4-13(22)16-14(5-8)23-17(21)10(7-20)15(16)9-2-3-12(19)11(18)6-9/h2-3,6,8,15H,4-5,21H2,1H3. The van der Waals surface area contributed by atoms with Gasteiger partial charge < -0.3 is 10.5 Å². The maximum atomic E-state index is 13.5. The van der Waals surface area contributed by atoms with Crippen LogP contribution in [-0.2, 0) is 9.53 Å². The number of Topliss-reactive ketones (excluding diaryl/α,β-unsaturated/α-hetero) is 1. The quantitative estimate of drug-likeness (QED) is 0.811. The van der Waals surface area contributed by atoms with Gasteiger partial charge in [0, 0.05) is 18.4 Å². The molecule has 23 heavy (non-hydrogen) atoms. The van der Waals surface area contributed by atoms with E-state index in [9.17, 15) is 14.4 Å². The number of benzene rings is 1. The van der Waals surface area contributed by atoms with E-state index in [1.54, 1.807) is 12.1 Å². The van der Waals surface area contributed by atoms with Crippen LogP contribution in [0.4, 0.5) is 4.39 Å².